The lowest BCUT2D eigenvalue weighted by atomic mass is 9.81. The van der Waals surface area contributed by atoms with E-state index in [0.717, 1.165) is 25.7 Å². The maximum Gasteiger partial charge on any atom is 0.0693 e. The highest BCUT2D eigenvalue weighted by atomic mass is 16.3. The monoisotopic (exact) mass is 195 g/mol. The molecule has 14 heavy (non-hydrogen) atoms. The quantitative estimate of drug-likeness (QED) is 0.775. The second-order valence-electron chi connectivity index (χ2n) is 4.09. The zero-order chi connectivity index (χ0) is 9.97. The molecule has 4 heteroatoms. The number of aliphatic hydroxyl groups excluding tert-OH is 1. The lowest BCUT2D eigenvalue weighted by Crippen LogP contribution is -2.30. The molecule has 1 fully saturated rings. The van der Waals surface area contributed by atoms with Crippen LogP contribution in [0.15, 0.2) is 12.4 Å². The molecule has 1 aliphatic rings. The molecular formula is C10H17N3O. The van der Waals surface area contributed by atoms with E-state index in [4.69, 9.17) is 0 Å². The first-order chi connectivity index (χ1) is 6.81. The highest BCUT2D eigenvalue weighted by Gasteiger charge is 2.29. The van der Waals surface area contributed by atoms with Gasteiger partial charge in [0.05, 0.1) is 18.3 Å². The van der Waals surface area contributed by atoms with E-state index >= 15 is 0 Å². The molecule has 0 aliphatic heterocycles. The fourth-order valence-corrected chi connectivity index (χ4v) is 2.38. The van der Waals surface area contributed by atoms with Crippen LogP contribution in [0.1, 0.15) is 38.6 Å². The second kappa shape index (κ2) is 4.09. The van der Waals surface area contributed by atoms with Crippen molar-refractivity contribution in [2.24, 2.45) is 5.92 Å². The van der Waals surface area contributed by atoms with Crippen molar-refractivity contribution in [2.45, 2.75) is 44.8 Å². The van der Waals surface area contributed by atoms with Crippen molar-refractivity contribution in [1.82, 2.24) is 15.0 Å². The second-order valence-corrected chi connectivity index (χ2v) is 4.09. The summed E-state index contributed by atoms with van der Waals surface area (Å²) in [5.41, 5.74) is 0. The molecule has 1 aliphatic carbocycles. The van der Waals surface area contributed by atoms with Crippen molar-refractivity contribution in [1.29, 1.82) is 0 Å². The van der Waals surface area contributed by atoms with Crippen molar-refractivity contribution >= 4 is 0 Å². The van der Waals surface area contributed by atoms with E-state index in [-0.39, 0.29) is 6.10 Å². The van der Waals surface area contributed by atoms with Crippen molar-refractivity contribution in [3.8, 4) is 0 Å². The highest BCUT2D eigenvalue weighted by Crippen LogP contribution is 2.35. The van der Waals surface area contributed by atoms with Crippen LogP contribution in [0.2, 0.25) is 0 Å². The van der Waals surface area contributed by atoms with Crippen LogP contribution in [0.25, 0.3) is 0 Å². The summed E-state index contributed by atoms with van der Waals surface area (Å²) in [5, 5.41) is 17.5. The molecule has 1 heterocycles. The molecule has 1 saturated carbocycles. The van der Waals surface area contributed by atoms with Crippen molar-refractivity contribution < 1.29 is 5.11 Å². The number of hydrogen-bond donors (Lipinski definition) is 1. The molecule has 0 saturated heterocycles. The number of aromatic nitrogens is 3. The smallest absolute Gasteiger partial charge is 0.0693 e. The highest BCUT2D eigenvalue weighted by molar-refractivity contribution is 4.84. The molecule has 1 aromatic rings. The summed E-state index contributed by atoms with van der Waals surface area (Å²) < 4.78 is 1.90. The van der Waals surface area contributed by atoms with Crippen LogP contribution < -0.4 is 0 Å². The summed E-state index contributed by atoms with van der Waals surface area (Å²) in [5.74, 6) is 0.639. The zero-order valence-electron chi connectivity index (χ0n) is 8.50. The molecule has 78 valence electrons. The Hall–Kier alpha value is -0.900. The SMILES string of the molecule is CCC1CCC(O)CC1n1ccnn1. The maximum absolute atomic E-state index is 9.63. The molecular weight excluding hydrogens is 178 g/mol. The van der Waals surface area contributed by atoms with Gasteiger partial charge in [0, 0.05) is 6.20 Å². The zero-order valence-corrected chi connectivity index (χ0v) is 8.50. The molecule has 3 atom stereocenters. The Balaban J connectivity index is 2.13. The number of nitrogens with zero attached hydrogens (tertiary/aromatic N) is 3. The standard InChI is InChI=1S/C10H17N3O/c1-2-8-3-4-9(14)7-10(8)13-6-5-11-12-13/h5-6,8-10,14H,2-4,7H2,1H3. The van der Waals surface area contributed by atoms with Gasteiger partial charge >= 0.3 is 0 Å². The van der Waals surface area contributed by atoms with E-state index in [1.165, 1.54) is 0 Å². The summed E-state index contributed by atoms with van der Waals surface area (Å²) in [6, 6.07) is 0.339. The van der Waals surface area contributed by atoms with Crippen LogP contribution in [-0.4, -0.2) is 26.2 Å². The minimum absolute atomic E-state index is 0.160. The predicted octanol–water partition coefficient (Wildman–Crippen LogP) is 1.39. The van der Waals surface area contributed by atoms with Crippen LogP contribution in [-0.2, 0) is 0 Å². The molecule has 2 rings (SSSR count). The Morgan fingerprint density at radius 3 is 3.00 bits per heavy atom. The first-order valence-electron chi connectivity index (χ1n) is 5.35. The molecule has 3 unspecified atom stereocenters. The Morgan fingerprint density at radius 2 is 2.36 bits per heavy atom. The first-order valence-corrected chi connectivity index (χ1v) is 5.35. The summed E-state index contributed by atoms with van der Waals surface area (Å²) >= 11 is 0. The molecule has 0 aromatic carbocycles. The summed E-state index contributed by atoms with van der Waals surface area (Å²) in [4.78, 5) is 0. The lowest BCUT2D eigenvalue weighted by Gasteiger charge is -2.33. The predicted molar refractivity (Wildman–Crippen MR) is 52.7 cm³/mol. The van der Waals surface area contributed by atoms with E-state index in [0.29, 0.717) is 12.0 Å². The van der Waals surface area contributed by atoms with Gasteiger partial charge in [-0.2, -0.15) is 0 Å². The van der Waals surface area contributed by atoms with Gasteiger partial charge in [0.25, 0.3) is 0 Å². The van der Waals surface area contributed by atoms with E-state index < -0.39 is 0 Å². The summed E-state index contributed by atoms with van der Waals surface area (Å²) in [7, 11) is 0. The fraction of sp³-hybridized carbons (Fsp3) is 0.800. The van der Waals surface area contributed by atoms with Gasteiger partial charge in [-0.3, -0.25) is 0 Å². The molecule has 1 aromatic heterocycles. The van der Waals surface area contributed by atoms with Gasteiger partial charge in [-0.25, -0.2) is 4.68 Å². The van der Waals surface area contributed by atoms with Gasteiger partial charge in [-0.15, -0.1) is 5.10 Å². The van der Waals surface area contributed by atoms with Crippen LogP contribution in [0, 0.1) is 5.92 Å². The van der Waals surface area contributed by atoms with Gasteiger partial charge in [0.2, 0.25) is 0 Å². The Bertz CT molecular complexity index is 273. The van der Waals surface area contributed by atoms with Crippen molar-refractivity contribution in [3.63, 3.8) is 0 Å². The van der Waals surface area contributed by atoms with Gasteiger partial charge < -0.3 is 5.11 Å². The third-order valence-corrected chi connectivity index (χ3v) is 3.23. The number of hydrogen-bond acceptors (Lipinski definition) is 3. The van der Waals surface area contributed by atoms with E-state index in [9.17, 15) is 5.11 Å². The average molecular weight is 195 g/mol. The Labute approximate surface area is 83.9 Å². The van der Waals surface area contributed by atoms with E-state index in [1.54, 1.807) is 6.20 Å². The maximum atomic E-state index is 9.63. The molecule has 0 spiro atoms. The van der Waals surface area contributed by atoms with Gasteiger partial charge in [-0.05, 0) is 25.2 Å². The van der Waals surface area contributed by atoms with E-state index in [1.807, 2.05) is 10.9 Å². The molecule has 0 radical (unpaired) electrons. The largest absolute Gasteiger partial charge is 0.393 e. The average Bonchev–Trinajstić information content (AvgIpc) is 2.70. The normalized spacial score (nSPS) is 33.1. The first kappa shape index (κ1) is 9.65. The minimum Gasteiger partial charge on any atom is -0.393 e. The van der Waals surface area contributed by atoms with Crippen LogP contribution >= 0.6 is 0 Å². The summed E-state index contributed by atoms with van der Waals surface area (Å²) in [6.07, 6.45) is 7.44. The number of rotatable bonds is 2. The third kappa shape index (κ3) is 1.80. The third-order valence-electron chi connectivity index (χ3n) is 3.23. The van der Waals surface area contributed by atoms with Gasteiger partial charge in [0.1, 0.15) is 0 Å². The van der Waals surface area contributed by atoms with E-state index in [2.05, 4.69) is 17.2 Å². The van der Waals surface area contributed by atoms with Crippen molar-refractivity contribution in [2.75, 3.05) is 0 Å². The van der Waals surface area contributed by atoms with Crippen LogP contribution in [0.5, 0.6) is 0 Å². The Morgan fingerprint density at radius 1 is 1.50 bits per heavy atom. The molecule has 4 nitrogen and oxygen atoms in total. The van der Waals surface area contributed by atoms with Crippen molar-refractivity contribution in [3.05, 3.63) is 12.4 Å². The molecule has 0 amide bonds. The fourth-order valence-electron chi connectivity index (χ4n) is 2.38. The minimum atomic E-state index is -0.160. The Kier molecular flexibility index (Phi) is 2.82. The summed E-state index contributed by atoms with van der Waals surface area (Å²) in [6.45, 7) is 2.20. The molecule has 1 N–H and O–H groups in total. The topological polar surface area (TPSA) is 50.9 Å². The molecule has 0 bridgehead atoms. The lowest BCUT2D eigenvalue weighted by molar-refractivity contribution is 0.0661. The van der Waals surface area contributed by atoms with Gasteiger partial charge in [0.15, 0.2) is 0 Å². The van der Waals surface area contributed by atoms with Gasteiger partial charge in [-0.1, -0.05) is 18.6 Å². The van der Waals surface area contributed by atoms with Crippen LogP contribution in [0.4, 0.5) is 0 Å². The van der Waals surface area contributed by atoms with Crippen LogP contribution in [0.3, 0.4) is 0 Å². The number of aliphatic hydroxyl groups is 1.